The van der Waals surface area contributed by atoms with E-state index in [0.717, 1.165) is 18.3 Å². The van der Waals surface area contributed by atoms with Gasteiger partial charge in [0.15, 0.2) is 0 Å². The lowest BCUT2D eigenvalue weighted by Gasteiger charge is -2.10. The van der Waals surface area contributed by atoms with E-state index in [-0.39, 0.29) is 0 Å². The molecule has 24 heavy (non-hydrogen) atoms. The van der Waals surface area contributed by atoms with Gasteiger partial charge in [0.05, 0.1) is 5.69 Å². The van der Waals surface area contributed by atoms with Gasteiger partial charge in [-0.15, -0.1) is 0 Å². The highest BCUT2D eigenvalue weighted by Gasteiger charge is 2.40. The van der Waals surface area contributed by atoms with E-state index in [1.54, 1.807) is 0 Å². The smallest absolute Gasteiger partial charge is 0.450 e. The van der Waals surface area contributed by atoms with Crippen molar-refractivity contribution in [2.45, 2.75) is 32.1 Å². The largest absolute Gasteiger partial charge is 0.503 e. The van der Waals surface area contributed by atoms with Crippen LogP contribution in [0.3, 0.4) is 0 Å². The average molecular weight is 332 g/mol. The first-order chi connectivity index (χ1) is 11.5. The average Bonchev–Trinajstić information content (AvgIpc) is 3.16. The number of hydrogen-bond acceptors (Lipinski definition) is 4. The third kappa shape index (κ3) is 5.06. The molecule has 2 aromatic rings. The maximum Gasteiger partial charge on any atom is 0.503 e. The fraction of sp³-hybridized carbons (Fsp3) is 0.471. The molecule has 0 amide bonds. The summed E-state index contributed by atoms with van der Waals surface area (Å²) in [6, 6.07) is 5.92. The summed E-state index contributed by atoms with van der Waals surface area (Å²) in [4.78, 5) is 17.5. The van der Waals surface area contributed by atoms with Gasteiger partial charge in [-0.3, -0.25) is 4.57 Å². The SMILES string of the molecule is CC[C@@H](CN)CC1CC1c1cn(-c2ccccn2)cn1.O=C(O)O. The summed E-state index contributed by atoms with van der Waals surface area (Å²) in [6.45, 7) is 3.03. The Kier molecular flexibility index (Phi) is 6.31. The first-order valence-corrected chi connectivity index (χ1v) is 8.12. The van der Waals surface area contributed by atoms with Crippen LogP contribution in [0.25, 0.3) is 5.82 Å². The van der Waals surface area contributed by atoms with Crippen LogP contribution in [-0.4, -0.2) is 37.4 Å². The quantitative estimate of drug-likeness (QED) is 0.749. The molecule has 0 aromatic carbocycles. The minimum atomic E-state index is -1.83. The number of carboxylic acid groups (broad SMARTS) is 2. The summed E-state index contributed by atoms with van der Waals surface area (Å²) in [5, 5.41) is 13.9. The lowest BCUT2D eigenvalue weighted by Crippen LogP contribution is -2.14. The van der Waals surface area contributed by atoms with Crippen molar-refractivity contribution in [1.82, 2.24) is 14.5 Å². The number of imidazole rings is 1. The molecule has 1 aliphatic carbocycles. The highest BCUT2D eigenvalue weighted by Crippen LogP contribution is 2.50. The van der Waals surface area contributed by atoms with Crippen molar-refractivity contribution in [3.8, 4) is 5.82 Å². The van der Waals surface area contributed by atoms with Crippen molar-refractivity contribution in [3.05, 3.63) is 42.6 Å². The molecule has 7 heteroatoms. The van der Waals surface area contributed by atoms with E-state index < -0.39 is 6.16 Å². The molecule has 0 spiro atoms. The van der Waals surface area contributed by atoms with Gasteiger partial charge in [0.25, 0.3) is 0 Å². The van der Waals surface area contributed by atoms with E-state index in [4.69, 9.17) is 20.7 Å². The molecule has 1 saturated carbocycles. The Hall–Kier alpha value is -2.41. The summed E-state index contributed by atoms with van der Waals surface area (Å²) in [5.41, 5.74) is 7.00. The van der Waals surface area contributed by atoms with E-state index in [1.165, 1.54) is 25.0 Å². The van der Waals surface area contributed by atoms with E-state index in [2.05, 4.69) is 23.1 Å². The molecule has 4 N–H and O–H groups in total. The van der Waals surface area contributed by atoms with Crippen LogP contribution >= 0.6 is 0 Å². The number of nitrogens with zero attached hydrogens (tertiary/aromatic N) is 3. The highest BCUT2D eigenvalue weighted by molar-refractivity contribution is 5.53. The number of aromatic nitrogens is 3. The lowest BCUT2D eigenvalue weighted by atomic mass is 9.98. The second kappa shape index (κ2) is 8.44. The maximum absolute atomic E-state index is 8.56. The van der Waals surface area contributed by atoms with Crippen molar-refractivity contribution >= 4 is 6.16 Å². The summed E-state index contributed by atoms with van der Waals surface area (Å²) in [6.07, 6.45) is 7.65. The van der Waals surface area contributed by atoms with Crippen LogP contribution in [-0.2, 0) is 0 Å². The second-order valence-corrected chi connectivity index (χ2v) is 6.02. The van der Waals surface area contributed by atoms with Crippen molar-refractivity contribution in [3.63, 3.8) is 0 Å². The Morgan fingerprint density at radius 2 is 2.17 bits per heavy atom. The molecule has 0 radical (unpaired) electrons. The molecule has 130 valence electrons. The minimum Gasteiger partial charge on any atom is -0.450 e. The molecule has 2 aromatic heterocycles. The Balaban J connectivity index is 0.000000471. The number of pyridine rings is 1. The Morgan fingerprint density at radius 3 is 2.75 bits per heavy atom. The van der Waals surface area contributed by atoms with Gasteiger partial charge in [-0.1, -0.05) is 19.4 Å². The van der Waals surface area contributed by atoms with Gasteiger partial charge in [0.1, 0.15) is 12.1 Å². The molecule has 1 aliphatic rings. The second-order valence-electron chi connectivity index (χ2n) is 6.02. The van der Waals surface area contributed by atoms with Gasteiger partial charge < -0.3 is 15.9 Å². The zero-order chi connectivity index (χ0) is 17.5. The zero-order valence-corrected chi connectivity index (χ0v) is 13.7. The number of nitrogens with two attached hydrogens (primary N) is 1. The van der Waals surface area contributed by atoms with E-state index >= 15 is 0 Å². The van der Waals surface area contributed by atoms with Gasteiger partial charge >= 0.3 is 6.16 Å². The first-order valence-electron chi connectivity index (χ1n) is 8.12. The van der Waals surface area contributed by atoms with Crippen LogP contribution in [0, 0.1) is 11.8 Å². The van der Waals surface area contributed by atoms with Gasteiger partial charge in [-0.25, -0.2) is 14.8 Å². The van der Waals surface area contributed by atoms with Crippen LogP contribution in [0.15, 0.2) is 36.9 Å². The monoisotopic (exact) mass is 332 g/mol. The van der Waals surface area contributed by atoms with E-state index in [0.29, 0.717) is 11.8 Å². The molecule has 0 aliphatic heterocycles. The highest BCUT2D eigenvalue weighted by atomic mass is 16.6. The third-order valence-electron chi connectivity index (χ3n) is 4.37. The van der Waals surface area contributed by atoms with Gasteiger partial charge in [0.2, 0.25) is 0 Å². The molecular weight excluding hydrogens is 308 g/mol. The Labute approximate surface area is 141 Å². The van der Waals surface area contributed by atoms with Crippen molar-refractivity contribution in [1.29, 1.82) is 0 Å². The third-order valence-corrected chi connectivity index (χ3v) is 4.37. The zero-order valence-electron chi connectivity index (χ0n) is 13.7. The molecule has 0 bridgehead atoms. The number of rotatable bonds is 6. The van der Waals surface area contributed by atoms with Crippen molar-refractivity contribution in [2.24, 2.45) is 17.6 Å². The van der Waals surface area contributed by atoms with Gasteiger partial charge in [-0.05, 0) is 43.4 Å². The number of hydrogen-bond donors (Lipinski definition) is 3. The van der Waals surface area contributed by atoms with Crippen molar-refractivity contribution in [2.75, 3.05) is 6.54 Å². The van der Waals surface area contributed by atoms with Gasteiger partial charge in [-0.2, -0.15) is 0 Å². The normalized spacial score (nSPS) is 19.9. The van der Waals surface area contributed by atoms with Crippen LogP contribution < -0.4 is 5.73 Å². The number of carbonyl (C=O) groups is 1. The molecule has 2 heterocycles. The maximum atomic E-state index is 8.56. The van der Waals surface area contributed by atoms with Crippen molar-refractivity contribution < 1.29 is 15.0 Å². The van der Waals surface area contributed by atoms with Crippen LogP contribution in [0.4, 0.5) is 4.79 Å². The predicted molar refractivity (Wildman–Crippen MR) is 90.3 cm³/mol. The lowest BCUT2D eigenvalue weighted by molar-refractivity contribution is 0.137. The van der Waals surface area contributed by atoms with Gasteiger partial charge in [0, 0.05) is 18.3 Å². The van der Waals surface area contributed by atoms with Crippen LogP contribution in [0.1, 0.15) is 37.8 Å². The first kappa shape index (κ1) is 17.9. The van der Waals surface area contributed by atoms with Crippen LogP contribution in [0.5, 0.6) is 0 Å². The standard InChI is InChI=1S/C16H22N4.CH2O3/c1-2-12(9-17)7-13-8-14(13)15-10-20(11-19-15)16-5-3-4-6-18-16;2-1(3)4/h3-6,10-14H,2,7-9,17H2,1H3;(H2,2,3,4)/t12-,13?,14?;/m1./s1. The topological polar surface area (TPSA) is 114 Å². The molecule has 0 saturated heterocycles. The van der Waals surface area contributed by atoms with E-state index in [1.807, 2.05) is 35.3 Å². The summed E-state index contributed by atoms with van der Waals surface area (Å²) in [7, 11) is 0. The fourth-order valence-electron chi connectivity index (χ4n) is 2.89. The summed E-state index contributed by atoms with van der Waals surface area (Å²) < 4.78 is 2.00. The minimum absolute atomic E-state index is 0.626. The van der Waals surface area contributed by atoms with E-state index in [9.17, 15) is 0 Å². The summed E-state index contributed by atoms with van der Waals surface area (Å²) in [5.74, 6) is 3.00. The Bertz CT molecular complexity index is 636. The molecule has 3 atom stereocenters. The molecule has 7 nitrogen and oxygen atoms in total. The van der Waals surface area contributed by atoms with Crippen LogP contribution in [0.2, 0.25) is 0 Å². The Morgan fingerprint density at radius 1 is 1.42 bits per heavy atom. The molecule has 1 fully saturated rings. The molecule has 2 unspecified atom stereocenters. The fourth-order valence-corrected chi connectivity index (χ4v) is 2.89. The molecule has 3 rings (SSSR count). The molecular formula is C17H24N4O3. The summed E-state index contributed by atoms with van der Waals surface area (Å²) >= 11 is 0. The predicted octanol–water partition coefficient (Wildman–Crippen LogP) is 2.97.